The highest BCUT2D eigenvalue weighted by molar-refractivity contribution is 9.10. The molecule has 1 aromatic carbocycles. The summed E-state index contributed by atoms with van der Waals surface area (Å²) in [7, 11) is 0. The van der Waals surface area contributed by atoms with Gasteiger partial charge in [-0.05, 0) is 40.5 Å². The fraction of sp³-hybridized carbons (Fsp3) is 0.538. The van der Waals surface area contributed by atoms with Crippen molar-refractivity contribution in [1.82, 2.24) is 4.90 Å². The molecule has 0 aromatic heterocycles. The summed E-state index contributed by atoms with van der Waals surface area (Å²) < 4.78 is 12.1. The van der Waals surface area contributed by atoms with Crippen LogP contribution >= 0.6 is 15.9 Å². The second-order valence-electron chi connectivity index (χ2n) is 4.24. The van der Waals surface area contributed by atoms with Crippen molar-refractivity contribution in [2.45, 2.75) is 6.92 Å². The Kier molecular flexibility index (Phi) is 4.83. The van der Waals surface area contributed by atoms with Crippen molar-refractivity contribution in [2.24, 2.45) is 0 Å². The lowest BCUT2D eigenvalue weighted by Crippen LogP contribution is -2.38. The van der Waals surface area contributed by atoms with Gasteiger partial charge in [-0.15, -0.1) is 0 Å². The van der Waals surface area contributed by atoms with Crippen LogP contribution in [0, 0.1) is 6.92 Å². The predicted molar refractivity (Wildman–Crippen MR) is 71.6 cm³/mol. The average molecular weight is 300 g/mol. The summed E-state index contributed by atoms with van der Waals surface area (Å²) in [5.41, 5.74) is 1.22. The van der Waals surface area contributed by atoms with E-state index < -0.39 is 0 Å². The van der Waals surface area contributed by atoms with Gasteiger partial charge in [-0.2, -0.15) is 0 Å². The van der Waals surface area contributed by atoms with E-state index in [4.69, 9.17) is 9.47 Å². The second kappa shape index (κ2) is 6.38. The maximum absolute atomic E-state index is 5.79. The predicted octanol–water partition coefficient (Wildman–Crippen LogP) is 2.47. The molecule has 0 unspecified atom stereocenters. The maximum atomic E-state index is 5.79. The van der Waals surface area contributed by atoms with Crippen LogP contribution in [-0.4, -0.2) is 44.4 Å². The van der Waals surface area contributed by atoms with Crippen molar-refractivity contribution < 1.29 is 9.47 Å². The van der Waals surface area contributed by atoms with E-state index in [0.717, 1.165) is 49.7 Å². The van der Waals surface area contributed by atoms with Gasteiger partial charge >= 0.3 is 0 Å². The van der Waals surface area contributed by atoms with Gasteiger partial charge in [0.2, 0.25) is 0 Å². The van der Waals surface area contributed by atoms with Crippen molar-refractivity contribution in [3.05, 3.63) is 28.2 Å². The fourth-order valence-electron chi connectivity index (χ4n) is 1.83. The first-order chi connectivity index (χ1) is 8.25. The van der Waals surface area contributed by atoms with Crippen LogP contribution in [0.3, 0.4) is 0 Å². The lowest BCUT2D eigenvalue weighted by atomic mass is 10.2. The van der Waals surface area contributed by atoms with Crippen molar-refractivity contribution in [1.29, 1.82) is 0 Å². The molecule has 0 bridgehead atoms. The van der Waals surface area contributed by atoms with Crippen LogP contribution in [-0.2, 0) is 4.74 Å². The first-order valence-corrected chi connectivity index (χ1v) is 6.74. The van der Waals surface area contributed by atoms with Crippen LogP contribution in [0.25, 0.3) is 0 Å². The molecule has 0 atom stereocenters. The number of rotatable bonds is 4. The molecule has 2 rings (SSSR count). The van der Waals surface area contributed by atoms with Crippen LogP contribution in [0.1, 0.15) is 5.56 Å². The van der Waals surface area contributed by atoms with Gasteiger partial charge in [-0.25, -0.2) is 0 Å². The Morgan fingerprint density at radius 3 is 2.88 bits per heavy atom. The van der Waals surface area contributed by atoms with Gasteiger partial charge in [0, 0.05) is 19.6 Å². The van der Waals surface area contributed by atoms with E-state index in [1.165, 1.54) is 5.56 Å². The maximum Gasteiger partial charge on any atom is 0.133 e. The van der Waals surface area contributed by atoms with Crippen LogP contribution < -0.4 is 4.74 Å². The Morgan fingerprint density at radius 2 is 2.12 bits per heavy atom. The molecule has 1 aliphatic rings. The van der Waals surface area contributed by atoms with Gasteiger partial charge in [-0.3, -0.25) is 4.90 Å². The Bertz CT molecular complexity index is 364. The number of nitrogens with zero attached hydrogens (tertiary/aromatic N) is 1. The topological polar surface area (TPSA) is 21.7 Å². The quantitative estimate of drug-likeness (QED) is 0.852. The monoisotopic (exact) mass is 299 g/mol. The van der Waals surface area contributed by atoms with Gasteiger partial charge in [0.05, 0.1) is 17.7 Å². The van der Waals surface area contributed by atoms with Crippen LogP contribution in [0.2, 0.25) is 0 Å². The Hall–Kier alpha value is -0.580. The SMILES string of the molecule is Cc1ccc(Br)c(OCCN2CCOCC2)c1. The van der Waals surface area contributed by atoms with Gasteiger partial charge in [0.1, 0.15) is 12.4 Å². The van der Waals surface area contributed by atoms with Gasteiger partial charge in [0.25, 0.3) is 0 Å². The summed E-state index contributed by atoms with van der Waals surface area (Å²) in [5, 5.41) is 0. The minimum absolute atomic E-state index is 0.724. The van der Waals surface area contributed by atoms with Crippen molar-refractivity contribution >= 4 is 15.9 Å². The molecule has 0 saturated carbocycles. The molecule has 0 radical (unpaired) electrons. The summed E-state index contributed by atoms with van der Waals surface area (Å²) in [5.74, 6) is 0.929. The highest BCUT2D eigenvalue weighted by Crippen LogP contribution is 2.25. The molecule has 3 nitrogen and oxygen atoms in total. The summed E-state index contributed by atoms with van der Waals surface area (Å²) in [6.45, 7) is 7.46. The van der Waals surface area contributed by atoms with Crippen molar-refractivity contribution in [2.75, 3.05) is 39.5 Å². The van der Waals surface area contributed by atoms with E-state index in [2.05, 4.69) is 39.9 Å². The number of morpholine rings is 1. The molecule has 1 fully saturated rings. The van der Waals surface area contributed by atoms with E-state index in [1.807, 2.05) is 6.07 Å². The summed E-state index contributed by atoms with van der Waals surface area (Å²) in [4.78, 5) is 2.37. The molecule has 1 saturated heterocycles. The molecule has 1 heterocycles. The van der Waals surface area contributed by atoms with Crippen LogP contribution in [0.15, 0.2) is 22.7 Å². The van der Waals surface area contributed by atoms with E-state index in [-0.39, 0.29) is 0 Å². The van der Waals surface area contributed by atoms with Gasteiger partial charge in [-0.1, -0.05) is 6.07 Å². The highest BCUT2D eigenvalue weighted by atomic mass is 79.9. The first-order valence-electron chi connectivity index (χ1n) is 5.95. The van der Waals surface area contributed by atoms with E-state index in [9.17, 15) is 0 Å². The Morgan fingerprint density at radius 1 is 1.35 bits per heavy atom. The zero-order valence-electron chi connectivity index (χ0n) is 10.1. The summed E-state index contributed by atoms with van der Waals surface area (Å²) >= 11 is 3.50. The number of ether oxygens (including phenoxy) is 2. The third-order valence-electron chi connectivity index (χ3n) is 2.86. The molecule has 0 amide bonds. The van der Waals surface area contributed by atoms with E-state index >= 15 is 0 Å². The zero-order chi connectivity index (χ0) is 12.1. The minimum atomic E-state index is 0.724. The highest BCUT2D eigenvalue weighted by Gasteiger charge is 2.10. The van der Waals surface area contributed by atoms with Crippen LogP contribution in [0.4, 0.5) is 0 Å². The lowest BCUT2D eigenvalue weighted by Gasteiger charge is -2.26. The van der Waals surface area contributed by atoms with Crippen molar-refractivity contribution in [3.63, 3.8) is 0 Å². The zero-order valence-corrected chi connectivity index (χ0v) is 11.7. The van der Waals surface area contributed by atoms with Gasteiger partial charge < -0.3 is 9.47 Å². The molecule has 1 aliphatic heterocycles. The molecule has 94 valence electrons. The third-order valence-corrected chi connectivity index (χ3v) is 3.51. The molecular formula is C13H18BrNO2. The van der Waals surface area contributed by atoms with Gasteiger partial charge in [0.15, 0.2) is 0 Å². The largest absolute Gasteiger partial charge is 0.491 e. The molecule has 0 aliphatic carbocycles. The Labute approximate surface area is 111 Å². The molecule has 0 spiro atoms. The minimum Gasteiger partial charge on any atom is -0.491 e. The van der Waals surface area contributed by atoms with E-state index in [1.54, 1.807) is 0 Å². The normalized spacial score (nSPS) is 17.1. The van der Waals surface area contributed by atoms with E-state index in [0.29, 0.717) is 0 Å². The number of aryl methyl sites for hydroxylation is 1. The second-order valence-corrected chi connectivity index (χ2v) is 5.09. The number of halogens is 1. The summed E-state index contributed by atoms with van der Waals surface area (Å²) in [6, 6.07) is 6.15. The molecule has 17 heavy (non-hydrogen) atoms. The van der Waals surface area contributed by atoms with Crippen molar-refractivity contribution in [3.8, 4) is 5.75 Å². The first kappa shape index (κ1) is 12.9. The van der Waals surface area contributed by atoms with Crippen LogP contribution in [0.5, 0.6) is 5.75 Å². The number of hydrogen-bond acceptors (Lipinski definition) is 3. The molecular weight excluding hydrogens is 282 g/mol. The molecule has 1 aromatic rings. The molecule has 0 N–H and O–H groups in total. The lowest BCUT2D eigenvalue weighted by molar-refractivity contribution is 0.0322. The number of hydrogen-bond donors (Lipinski definition) is 0. The smallest absolute Gasteiger partial charge is 0.133 e. The molecule has 4 heteroatoms. The number of benzene rings is 1. The Balaban J connectivity index is 1.79. The standard InChI is InChI=1S/C13H18BrNO2/c1-11-2-3-12(14)13(10-11)17-9-6-15-4-7-16-8-5-15/h2-3,10H,4-9H2,1H3. The fourth-order valence-corrected chi connectivity index (χ4v) is 2.19. The summed E-state index contributed by atoms with van der Waals surface area (Å²) in [6.07, 6.45) is 0. The average Bonchev–Trinajstić information content (AvgIpc) is 2.35. The third kappa shape index (κ3) is 3.98.